The Balaban J connectivity index is 1.47. The molecule has 1 aliphatic rings. The molecule has 1 amide bonds. The normalized spacial score (nSPS) is 17.3. The SMILES string of the molecule is CSc1cc(F)ccc1CC(C=O)SC(=O)c1nc2n(CC(=O)N3C[C@@H](C)O[C@H](C)C3)ccn2c(=O)c1OCc1ccccc1. The van der Waals surface area contributed by atoms with E-state index in [0.717, 1.165) is 5.56 Å². The molecule has 2 aromatic heterocycles. The highest BCUT2D eigenvalue weighted by Gasteiger charge is 2.29. The third-order valence-electron chi connectivity index (χ3n) is 7.29. The monoisotopic (exact) mass is 652 g/mol. The molecule has 45 heavy (non-hydrogen) atoms. The van der Waals surface area contributed by atoms with Crippen LogP contribution in [0.2, 0.25) is 0 Å². The Morgan fingerprint density at radius 1 is 1.13 bits per heavy atom. The van der Waals surface area contributed by atoms with Crippen molar-refractivity contribution in [1.29, 1.82) is 0 Å². The number of carbonyl (C=O) groups is 3. The quantitative estimate of drug-likeness (QED) is 0.173. The summed E-state index contributed by atoms with van der Waals surface area (Å²) in [4.78, 5) is 59.8. The van der Waals surface area contributed by atoms with Crippen molar-refractivity contribution in [3.63, 3.8) is 0 Å². The van der Waals surface area contributed by atoms with E-state index < -0.39 is 21.7 Å². The lowest BCUT2D eigenvalue weighted by atomic mass is 10.1. The number of morpholine rings is 1. The lowest BCUT2D eigenvalue weighted by Gasteiger charge is -2.35. The maximum atomic E-state index is 13.8. The highest BCUT2D eigenvalue weighted by molar-refractivity contribution is 8.15. The van der Waals surface area contributed by atoms with Gasteiger partial charge in [0.2, 0.25) is 22.5 Å². The molecule has 236 valence electrons. The second-order valence-electron chi connectivity index (χ2n) is 10.8. The number of thioether (sulfide) groups is 2. The van der Waals surface area contributed by atoms with E-state index in [2.05, 4.69) is 4.98 Å². The van der Waals surface area contributed by atoms with Crippen LogP contribution in [0.1, 0.15) is 35.5 Å². The number of carbonyl (C=O) groups excluding carboxylic acids is 3. The fourth-order valence-corrected chi connectivity index (χ4v) is 6.71. The Morgan fingerprint density at radius 2 is 1.87 bits per heavy atom. The zero-order valence-corrected chi connectivity index (χ0v) is 26.7. The number of fused-ring (bicyclic) bond motifs is 1. The Kier molecular flexibility index (Phi) is 10.4. The summed E-state index contributed by atoms with van der Waals surface area (Å²) in [6, 6.07) is 13.4. The fourth-order valence-electron chi connectivity index (χ4n) is 5.22. The Hall–Kier alpha value is -3.94. The molecule has 0 radical (unpaired) electrons. The molecule has 0 saturated carbocycles. The van der Waals surface area contributed by atoms with Crippen LogP contribution < -0.4 is 10.3 Å². The van der Waals surface area contributed by atoms with Gasteiger partial charge in [0.25, 0.3) is 0 Å². The Morgan fingerprint density at radius 3 is 2.56 bits per heavy atom. The van der Waals surface area contributed by atoms with Crippen LogP contribution in [0.5, 0.6) is 5.75 Å². The van der Waals surface area contributed by atoms with E-state index in [1.54, 1.807) is 23.4 Å². The van der Waals surface area contributed by atoms with E-state index in [-0.39, 0.29) is 54.9 Å². The van der Waals surface area contributed by atoms with Crippen LogP contribution in [0.15, 0.2) is 70.6 Å². The highest BCUT2D eigenvalue weighted by atomic mass is 32.2. The van der Waals surface area contributed by atoms with Crippen molar-refractivity contribution in [3.8, 4) is 5.75 Å². The minimum absolute atomic E-state index is 0.00510. The van der Waals surface area contributed by atoms with Crippen LogP contribution >= 0.6 is 23.5 Å². The van der Waals surface area contributed by atoms with Gasteiger partial charge in [0.05, 0.1) is 17.5 Å². The summed E-state index contributed by atoms with van der Waals surface area (Å²) >= 11 is 2.05. The minimum Gasteiger partial charge on any atom is -0.481 e. The molecule has 1 saturated heterocycles. The number of ether oxygens (including phenoxy) is 2. The van der Waals surface area contributed by atoms with Crippen molar-refractivity contribution in [1.82, 2.24) is 18.9 Å². The number of hydrogen-bond donors (Lipinski definition) is 0. The molecular weight excluding hydrogens is 620 g/mol. The first kappa shape index (κ1) is 32.5. The number of benzene rings is 2. The molecule has 5 rings (SSSR count). The third-order valence-corrected chi connectivity index (χ3v) is 9.09. The number of aldehydes is 1. The van der Waals surface area contributed by atoms with Crippen molar-refractivity contribution in [2.45, 2.75) is 55.8 Å². The van der Waals surface area contributed by atoms with Gasteiger partial charge in [0, 0.05) is 30.4 Å². The van der Waals surface area contributed by atoms with Gasteiger partial charge < -0.3 is 23.7 Å². The summed E-state index contributed by atoms with van der Waals surface area (Å²) in [6.45, 7) is 4.58. The Bertz CT molecular complexity index is 1750. The molecule has 2 aromatic carbocycles. The lowest BCUT2D eigenvalue weighted by Crippen LogP contribution is -2.49. The standard InChI is InChI=1S/C32H33FN4O6S2/c1-20-15-36(16-21(2)43-20)27(39)17-35-11-12-37-30(40)29(42-19-22-7-5-4-6-8-22)28(34-32(35)37)31(41)45-25(18-38)13-23-9-10-24(33)14-26(23)44-3/h4-12,14,18,20-21,25H,13,15-17,19H2,1-3H3/t20-,21-,25?/m1/s1. The van der Waals surface area contributed by atoms with Crippen molar-refractivity contribution in [2.24, 2.45) is 0 Å². The topological polar surface area (TPSA) is 112 Å². The van der Waals surface area contributed by atoms with Gasteiger partial charge in [0.15, 0.2) is 5.69 Å². The van der Waals surface area contributed by atoms with E-state index in [0.29, 0.717) is 41.6 Å². The number of hydrogen-bond acceptors (Lipinski definition) is 9. The third kappa shape index (κ3) is 7.66. The smallest absolute Gasteiger partial charge is 0.302 e. The number of imidazole rings is 1. The van der Waals surface area contributed by atoms with Gasteiger partial charge in [-0.1, -0.05) is 48.2 Å². The molecule has 0 aliphatic carbocycles. The molecule has 3 heterocycles. The van der Waals surface area contributed by atoms with E-state index in [4.69, 9.17) is 9.47 Å². The van der Waals surface area contributed by atoms with Crippen molar-refractivity contribution in [2.75, 3.05) is 19.3 Å². The van der Waals surface area contributed by atoms with Crippen molar-refractivity contribution >= 4 is 46.6 Å². The van der Waals surface area contributed by atoms with Gasteiger partial charge in [-0.15, -0.1) is 11.8 Å². The van der Waals surface area contributed by atoms with Gasteiger partial charge in [-0.05, 0) is 49.8 Å². The minimum atomic E-state index is -0.838. The van der Waals surface area contributed by atoms with Crippen LogP contribution in [0.25, 0.3) is 5.78 Å². The maximum absolute atomic E-state index is 13.8. The molecule has 0 bridgehead atoms. The predicted molar refractivity (Wildman–Crippen MR) is 170 cm³/mol. The molecule has 4 aromatic rings. The summed E-state index contributed by atoms with van der Waals surface area (Å²) in [5.41, 5.74) is 0.616. The van der Waals surface area contributed by atoms with E-state index in [1.165, 1.54) is 39.1 Å². The van der Waals surface area contributed by atoms with Gasteiger partial charge in [-0.25, -0.2) is 13.8 Å². The zero-order chi connectivity index (χ0) is 32.1. The number of amides is 1. The summed E-state index contributed by atoms with van der Waals surface area (Å²) in [6.07, 6.45) is 5.43. The number of halogens is 1. The van der Waals surface area contributed by atoms with Crippen LogP contribution in [0.4, 0.5) is 4.39 Å². The summed E-state index contributed by atoms with van der Waals surface area (Å²) in [7, 11) is 0. The molecule has 1 fully saturated rings. The predicted octanol–water partition coefficient (Wildman–Crippen LogP) is 4.26. The molecule has 0 N–H and O–H groups in total. The summed E-state index contributed by atoms with van der Waals surface area (Å²) < 4.78 is 28.2. The molecule has 10 nitrogen and oxygen atoms in total. The first-order valence-electron chi connectivity index (χ1n) is 14.4. The second-order valence-corrected chi connectivity index (χ2v) is 12.8. The van der Waals surface area contributed by atoms with Gasteiger partial charge in [-0.2, -0.15) is 0 Å². The van der Waals surface area contributed by atoms with Crippen LogP contribution in [0, 0.1) is 5.82 Å². The number of rotatable bonds is 11. The molecule has 13 heteroatoms. The van der Waals surface area contributed by atoms with Gasteiger partial charge >= 0.3 is 5.56 Å². The van der Waals surface area contributed by atoms with E-state index >= 15 is 0 Å². The second kappa shape index (κ2) is 14.4. The van der Waals surface area contributed by atoms with E-state index in [1.807, 2.05) is 44.2 Å². The average Bonchev–Trinajstić information content (AvgIpc) is 3.43. The molecule has 1 aliphatic heterocycles. The first-order valence-corrected chi connectivity index (χ1v) is 16.5. The average molecular weight is 653 g/mol. The van der Waals surface area contributed by atoms with E-state index in [9.17, 15) is 23.6 Å². The number of nitrogens with zero attached hydrogens (tertiary/aromatic N) is 4. The zero-order valence-electron chi connectivity index (χ0n) is 25.1. The van der Waals surface area contributed by atoms with Gasteiger partial charge in [-0.3, -0.25) is 14.4 Å². The lowest BCUT2D eigenvalue weighted by molar-refractivity contribution is -0.143. The summed E-state index contributed by atoms with van der Waals surface area (Å²) in [5.74, 6) is -0.748. The largest absolute Gasteiger partial charge is 0.481 e. The molecule has 1 unspecified atom stereocenters. The fraction of sp³-hybridized carbons (Fsp3) is 0.344. The number of aromatic nitrogens is 3. The molecule has 0 spiro atoms. The highest BCUT2D eigenvalue weighted by Crippen LogP contribution is 2.28. The molecular formula is C32H33FN4O6S2. The van der Waals surface area contributed by atoms with Crippen LogP contribution in [-0.4, -0.2) is 73.0 Å². The summed E-state index contributed by atoms with van der Waals surface area (Å²) in [5, 5.41) is -1.48. The van der Waals surface area contributed by atoms with Crippen LogP contribution in [0.3, 0.4) is 0 Å². The Labute approximate surface area is 267 Å². The van der Waals surface area contributed by atoms with Gasteiger partial charge in [0.1, 0.15) is 25.3 Å². The van der Waals surface area contributed by atoms with Crippen LogP contribution in [-0.2, 0) is 33.9 Å². The molecule has 3 atom stereocenters. The first-order chi connectivity index (χ1) is 21.7. The van der Waals surface area contributed by atoms with Crippen molar-refractivity contribution < 1.29 is 28.2 Å². The van der Waals surface area contributed by atoms with Crippen molar-refractivity contribution in [3.05, 3.63) is 93.9 Å². The maximum Gasteiger partial charge on any atom is 0.302 e.